The van der Waals surface area contributed by atoms with Crippen LogP contribution >= 0.6 is 0 Å². The Hall–Kier alpha value is -3.47. The Morgan fingerprint density at radius 3 is 2.19 bits per heavy atom. The van der Waals surface area contributed by atoms with Crippen LogP contribution in [0.15, 0.2) is 78.9 Å². The van der Waals surface area contributed by atoms with Crippen molar-refractivity contribution < 1.29 is 14.3 Å². The average Bonchev–Trinajstić information content (AvgIpc) is 2.84. The van der Waals surface area contributed by atoms with E-state index in [1.54, 1.807) is 0 Å². The third kappa shape index (κ3) is 5.18. The van der Waals surface area contributed by atoms with Crippen LogP contribution in [0.1, 0.15) is 22.8 Å². The summed E-state index contributed by atoms with van der Waals surface area (Å²) in [6.45, 7) is 6.08. The third-order valence-corrected chi connectivity index (χ3v) is 5.42. The maximum absolute atomic E-state index is 13.0. The molecule has 1 aliphatic heterocycles. The van der Waals surface area contributed by atoms with E-state index in [9.17, 15) is 4.79 Å². The molecule has 0 spiro atoms. The monoisotopic (exact) mass is 416 g/mol. The summed E-state index contributed by atoms with van der Waals surface area (Å²) in [4.78, 5) is 17.2. The molecular weight excluding hydrogens is 388 g/mol. The highest BCUT2D eigenvalue weighted by Crippen LogP contribution is 2.29. The number of benzene rings is 3. The van der Waals surface area contributed by atoms with E-state index in [2.05, 4.69) is 11.0 Å². The molecule has 3 aromatic carbocycles. The van der Waals surface area contributed by atoms with Crippen LogP contribution in [0.25, 0.3) is 0 Å². The standard InChI is InChI=1S/C26H28N2O3/c1-2-30-25-11-7-6-10-24(25)27-16-18-28(19-17-27)26(29)22-14-12-21(13-15-22)20-31-23-8-4-3-5-9-23/h3-15H,2,16-20H2,1H3. The fraction of sp³-hybridized carbons (Fsp3) is 0.269. The molecule has 0 atom stereocenters. The molecule has 0 unspecified atom stereocenters. The van der Waals surface area contributed by atoms with Gasteiger partial charge in [-0.1, -0.05) is 42.5 Å². The molecule has 0 N–H and O–H groups in total. The highest BCUT2D eigenvalue weighted by atomic mass is 16.5. The smallest absolute Gasteiger partial charge is 0.253 e. The zero-order valence-corrected chi connectivity index (χ0v) is 17.9. The number of piperazine rings is 1. The maximum atomic E-state index is 13.0. The summed E-state index contributed by atoms with van der Waals surface area (Å²) in [5.74, 6) is 1.82. The summed E-state index contributed by atoms with van der Waals surface area (Å²) in [6, 6.07) is 25.5. The number of carbonyl (C=O) groups is 1. The van der Waals surface area contributed by atoms with E-state index in [1.807, 2.05) is 84.6 Å². The molecule has 3 aromatic rings. The quantitative estimate of drug-likeness (QED) is 0.563. The maximum Gasteiger partial charge on any atom is 0.253 e. The van der Waals surface area contributed by atoms with Crippen molar-refractivity contribution in [2.45, 2.75) is 13.5 Å². The second-order valence-electron chi connectivity index (χ2n) is 7.48. The normalized spacial score (nSPS) is 13.7. The molecule has 31 heavy (non-hydrogen) atoms. The molecule has 160 valence electrons. The molecule has 0 bridgehead atoms. The van der Waals surface area contributed by atoms with Crippen molar-refractivity contribution in [3.63, 3.8) is 0 Å². The van der Waals surface area contributed by atoms with Gasteiger partial charge in [0.1, 0.15) is 18.1 Å². The third-order valence-electron chi connectivity index (χ3n) is 5.42. The van der Waals surface area contributed by atoms with Gasteiger partial charge < -0.3 is 19.3 Å². The SMILES string of the molecule is CCOc1ccccc1N1CCN(C(=O)c2ccc(COc3ccccc3)cc2)CC1. The van der Waals surface area contributed by atoms with Gasteiger partial charge in [-0.05, 0) is 48.9 Å². The number of anilines is 1. The summed E-state index contributed by atoms with van der Waals surface area (Å²) >= 11 is 0. The molecule has 0 radical (unpaired) electrons. The van der Waals surface area contributed by atoms with E-state index in [4.69, 9.17) is 9.47 Å². The Morgan fingerprint density at radius 1 is 0.806 bits per heavy atom. The van der Waals surface area contributed by atoms with E-state index >= 15 is 0 Å². The van der Waals surface area contributed by atoms with Crippen LogP contribution in [0, 0.1) is 0 Å². The first-order valence-electron chi connectivity index (χ1n) is 10.8. The summed E-state index contributed by atoms with van der Waals surface area (Å²) < 4.78 is 11.5. The lowest BCUT2D eigenvalue weighted by atomic mass is 10.1. The topological polar surface area (TPSA) is 42.0 Å². The zero-order chi connectivity index (χ0) is 21.5. The van der Waals surface area contributed by atoms with E-state index < -0.39 is 0 Å². The molecule has 5 nitrogen and oxygen atoms in total. The van der Waals surface area contributed by atoms with E-state index in [1.165, 1.54) is 0 Å². The van der Waals surface area contributed by atoms with Crippen LogP contribution in [0.2, 0.25) is 0 Å². The predicted molar refractivity (Wildman–Crippen MR) is 123 cm³/mol. The van der Waals surface area contributed by atoms with Gasteiger partial charge in [0, 0.05) is 31.7 Å². The minimum atomic E-state index is 0.0771. The number of hydrogen-bond donors (Lipinski definition) is 0. The lowest BCUT2D eigenvalue weighted by molar-refractivity contribution is 0.0746. The number of para-hydroxylation sites is 3. The Labute approximate surface area is 183 Å². The van der Waals surface area contributed by atoms with Crippen LogP contribution in [-0.2, 0) is 6.61 Å². The van der Waals surface area contributed by atoms with Crippen molar-refractivity contribution in [2.24, 2.45) is 0 Å². The first kappa shape index (κ1) is 20.8. The lowest BCUT2D eigenvalue weighted by Crippen LogP contribution is -2.48. The van der Waals surface area contributed by atoms with Crippen molar-refractivity contribution in [1.29, 1.82) is 0 Å². The van der Waals surface area contributed by atoms with E-state index in [-0.39, 0.29) is 5.91 Å². The molecule has 1 amide bonds. The molecule has 4 rings (SSSR count). The first-order chi connectivity index (χ1) is 15.2. The van der Waals surface area contributed by atoms with Crippen LogP contribution in [-0.4, -0.2) is 43.6 Å². The molecular formula is C26H28N2O3. The van der Waals surface area contributed by atoms with Gasteiger partial charge in [-0.15, -0.1) is 0 Å². The van der Waals surface area contributed by atoms with Crippen LogP contribution in [0.4, 0.5) is 5.69 Å². The fourth-order valence-corrected chi connectivity index (χ4v) is 3.76. The van der Waals surface area contributed by atoms with Gasteiger partial charge in [-0.25, -0.2) is 0 Å². The molecule has 1 fully saturated rings. The molecule has 0 saturated carbocycles. The van der Waals surface area contributed by atoms with E-state index in [0.29, 0.717) is 31.9 Å². The summed E-state index contributed by atoms with van der Waals surface area (Å²) in [6.07, 6.45) is 0. The van der Waals surface area contributed by atoms with E-state index in [0.717, 1.165) is 35.8 Å². The number of rotatable bonds is 7. The number of hydrogen-bond acceptors (Lipinski definition) is 4. The summed E-state index contributed by atoms with van der Waals surface area (Å²) in [5, 5.41) is 0. The van der Waals surface area contributed by atoms with Crippen LogP contribution in [0.5, 0.6) is 11.5 Å². The minimum absolute atomic E-state index is 0.0771. The second kappa shape index (κ2) is 10.0. The number of nitrogens with zero attached hydrogens (tertiary/aromatic N) is 2. The van der Waals surface area contributed by atoms with Crippen molar-refractivity contribution in [1.82, 2.24) is 4.90 Å². The number of ether oxygens (including phenoxy) is 2. The molecule has 1 saturated heterocycles. The minimum Gasteiger partial charge on any atom is -0.492 e. The highest BCUT2D eigenvalue weighted by molar-refractivity contribution is 5.94. The Morgan fingerprint density at radius 2 is 1.48 bits per heavy atom. The predicted octanol–water partition coefficient (Wildman–Crippen LogP) is 4.63. The van der Waals surface area contributed by atoms with Crippen molar-refractivity contribution >= 4 is 11.6 Å². The Bertz CT molecular complexity index is 981. The average molecular weight is 417 g/mol. The Kier molecular flexibility index (Phi) is 6.72. The largest absolute Gasteiger partial charge is 0.492 e. The van der Waals surface area contributed by atoms with Crippen molar-refractivity contribution in [3.05, 3.63) is 90.0 Å². The molecule has 0 aromatic heterocycles. The van der Waals surface area contributed by atoms with Gasteiger partial charge in [-0.3, -0.25) is 4.79 Å². The summed E-state index contributed by atoms with van der Waals surface area (Å²) in [5.41, 5.74) is 2.85. The van der Waals surface area contributed by atoms with Gasteiger partial charge >= 0.3 is 0 Å². The van der Waals surface area contributed by atoms with Crippen LogP contribution in [0.3, 0.4) is 0 Å². The zero-order valence-electron chi connectivity index (χ0n) is 17.9. The second-order valence-corrected chi connectivity index (χ2v) is 7.48. The lowest BCUT2D eigenvalue weighted by Gasteiger charge is -2.36. The van der Waals surface area contributed by atoms with Gasteiger partial charge in [0.05, 0.1) is 12.3 Å². The fourth-order valence-electron chi connectivity index (χ4n) is 3.76. The van der Waals surface area contributed by atoms with Gasteiger partial charge in [-0.2, -0.15) is 0 Å². The van der Waals surface area contributed by atoms with Crippen molar-refractivity contribution in [2.75, 3.05) is 37.7 Å². The molecule has 5 heteroatoms. The highest BCUT2D eigenvalue weighted by Gasteiger charge is 2.23. The summed E-state index contributed by atoms with van der Waals surface area (Å²) in [7, 11) is 0. The number of amides is 1. The first-order valence-corrected chi connectivity index (χ1v) is 10.8. The van der Waals surface area contributed by atoms with Crippen molar-refractivity contribution in [3.8, 4) is 11.5 Å². The number of carbonyl (C=O) groups excluding carboxylic acids is 1. The van der Waals surface area contributed by atoms with Gasteiger partial charge in [0.25, 0.3) is 5.91 Å². The molecule has 0 aliphatic carbocycles. The van der Waals surface area contributed by atoms with Gasteiger partial charge in [0.15, 0.2) is 0 Å². The van der Waals surface area contributed by atoms with Crippen LogP contribution < -0.4 is 14.4 Å². The molecule has 1 aliphatic rings. The Balaban J connectivity index is 1.32. The van der Waals surface area contributed by atoms with Gasteiger partial charge in [0.2, 0.25) is 0 Å². The molecule has 1 heterocycles.